The molecule has 1 amide bonds. The van der Waals surface area contributed by atoms with Crippen molar-refractivity contribution in [3.05, 3.63) is 0 Å². The number of hydrogen-bond donors (Lipinski definition) is 1. The third-order valence-corrected chi connectivity index (χ3v) is 2.25. The maximum atomic E-state index is 11.5. The molecule has 0 saturated carbocycles. The molecule has 1 heterocycles. The zero-order valence-electron chi connectivity index (χ0n) is 7.93. The van der Waals surface area contributed by atoms with E-state index in [1.165, 1.54) is 0 Å². The van der Waals surface area contributed by atoms with Gasteiger partial charge in [0.25, 0.3) is 5.91 Å². The number of carbonyl (C=O) groups is 1. The van der Waals surface area contributed by atoms with Gasteiger partial charge in [-0.25, -0.2) is 0 Å². The summed E-state index contributed by atoms with van der Waals surface area (Å²) in [5.74, 6) is 2.43. The van der Waals surface area contributed by atoms with E-state index in [2.05, 4.69) is 11.2 Å². The van der Waals surface area contributed by atoms with Crippen molar-refractivity contribution in [2.75, 3.05) is 13.2 Å². The van der Waals surface area contributed by atoms with Crippen LogP contribution in [0.3, 0.4) is 0 Å². The summed E-state index contributed by atoms with van der Waals surface area (Å²) in [4.78, 5) is 11.5. The van der Waals surface area contributed by atoms with Gasteiger partial charge in [-0.3, -0.25) is 4.79 Å². The summed E-state index contributed by atoms with van der Waals surface area (Å²) in [6.45, 7) is 3.04. The molecule has 0 aromatic heterocycles. The van der Waals surface area contributed by atoms with Gasteiger partial charge in [-0.05, 0) is 19.8 Å². The van der Waals surface area contributed by atoms with Crippen molar-refractivity contribution in [3.8, 4) is 12.3 Å². The van der Waals surface area contributed by atoms with Crippen LogP contribution in [0.25, 0.3) is 0 Å². The standard InChI is InChI=1S/C10H15NO2/c1-3-4-7-11-9(12)10(2)6-5-8-13-10/h1H,4-8H2,2H3,(H,11,12). The quantitative estimate of drug-likeness (QED) is 0.514. The molecule has 0 spiro atoms. The van der Waals surface area contributed by atoms with Crippen LogP contribution in [-0.4, -0.2) is 24.7 Å². The molecule has 0 radical (unpaired) electrons. The average Bonchev–Trinajstić information content (AvgIpc) is 2.54. The van der Waals surface area contributed by atoms with Crippen LogP contribution in [0.15, 0.2) is 0 Å². The fourth-order valence-corrected chi connectivity index (χ4v) is 1.39. The fraction of sp³-hybridized carbons (Fsp3) is 0.700. The van der Waals surface area contributed by atoms with Crippen molar-refractivity contribution >= 4 is 5.91 Å². The van der Waals surface area contributed by atoms with Crippen LogP contribution in [0.5, 0.6) is 0 Å². The molecular formula is C10H15NO2. The number of carbonyl (C=O) groups excluding carboxylic acids is 1. The molecule has 1 rings (SSSR count). The van der Waals surface area contributed by atoms with Gasteiger partial charge >= 0.3 is 0 Å². The van der Waals surface area contributed by atoms with Crippen LogP contribution in [0, 0.1) is 12.3 Å². The van der Waals surface area contributed by atoms with Gasteiger partial charge in [-0.1, -0.05) is 0 Å². The predicted octanol–water partition coefficient (Wildman–Crippen LogP) is 0.695. The lowest BCUT2D eigenvalue weighted by Crippen LogP contribution is -2.44. The van der Waals surface area contributed by atoms with E-state index in [1.807, 2.05) is 6.92 Å². The molecule has 13 heavy (non-hydrogen) atoms. The Morgan fingerprint density at radius 3 is 3.08 bits per heavy atom. The first-order valence-corrected chi connectivity index (χ1v) is 4.55. The van der Waals surface area contributed by atoms with Gasteiger partial charge in [-0.2, -0.15) is 0 Å². The zero-order chi connectivity index (χ0) is 9.73. The highest BCUT2D eigenvalue weighted by atomic mass is 16.5. The normalized spacial score (nSPS) is 26.8. The Morgan fingerprint density at radius 2 is 2.54 bits per heavy atom. The summed E-state index contributed by atoms with van der Waals surface area (Å²) in [6, 6.07) is 0. The van der Waals surface area contributed by atoms with Gasteiger partial charge in [0.2, 0.25) is 0 Å². The number of hydrogen-bond acceptors (Lipinski definition) is 2. The lowest BCUT2D eigenvalue weighted by Gasteiger charge is -2.21. The van der Waals surface area contributed by atoms with E-state index in [-0.39, 0.29) is 5.91 Å². The summed E-state index contributed by atoms with van der Waals surface area (Å²) >= 11 is 0. The van der Waals surface area contributed by atoms with Crippen LogP contribution in [0.1, 0.15) is 26.2 Å². The maximum absolute atomic E-state index is 11.5. The van der Waals surface area contributed by atoms with Crippen molar-refractivity contribution in [1.29, 1.82) is 0 Å². The third kappa shape index (κ3) is 2.46. The number of nitrogens with one attached hydrogen (secondary N) is 1. The predicted molar refractivity (Wildman–Crippen MR) is 50.1 cm³/mol. The summed E-state index contributed by atoms with van der Waals surface area (Å²) < 4.78 is 5.37. The summed E-state index contributed by atoms with van der Waals surface area (Å²) in [5, 5.41) is 2.76. The van der Waals surface area contributed by atoms with Crippen LogP contribution in [0.2, 0.25) is 0 Å². The molecule has 0 aliphatic carbocycles. The minimum Gasteiger partial charge on any atom is -0.365 e. The molecule has 1 N–H and O–H groups in total. The lowest BCUT2D eigenvalue weighted by molar-refractivity contribution is -0.139. The highest BCUT2D eigenvalue weighted by Crippen LogP contribution is 2.24. The minimum atomic E-state index is -0.616. The van der Waals surface area contributed by atoms with Gasteiger partial charge in [0.05, 0.1) is 0 Å². The molecular weight excluding hydrogens is 166 g/mol. The van der Waals surface area contributed by atoms with Crippen LogP contribution >= 0.6 is 0 Å². The van der Waals surface area contributed by atoms with Crippen molar-refractivity contribution in [3.63, 3.8) is 0 Å². The Labute approximate surface area is 78.8 Å². The minimum absolute atomic E-state index is 0.0414. The molecule has 3 nitrogen and oxygen atoms in total. The van der Waals surface area contributed by atoms with Crippen molar-refractivity contribution < 1.29 is 9.53 Å². The van der Waals surface area contributed by atoms with Crippen LogP contribution in [-0.2, 0) is 9.53 Å². The molecule has 0 aromatic carbocycles. The first-order chi connectivity index (χ1) is 6.19. The van der Waals surface area contributed by atoms with Gasteiger partial charge in [-0.15, -0.1) is 12.3 Å². The van der Waals surface area contributed by atoms with Crippen LogP contribution in [0.4, 0.5) is 0 Å². The van der Waals surface area contributed by atoms with E-state index < -0.39 is 5.60 Å². The molecule has 1 aliphatic rings. The number of amides is 1. The van der Waals surface area contributed by atoms with E-state index in [1.54, 1.807) is 0 Å². The summed E-state index contributed by atoms with van der Waals surface area (Å²) in [6.07, 6.45) is 7.40. The van der Waals surface area contributed by atoms with E-state index in [4.69, 9.17) is 11.2 Å². The number of terminal acetylenes is 1. The maximum Gasteiger partial charge on any atom is 0.251 e. The smallest absolute Gasteiger partial charge is 0.251 e. The molecule has 1 unspecified atom stereocenters. The fourth-order valence-electron chi connectivity index (χ4n) is 1.39. The highest BCUT2D eigenvalue weighted by molar-refractivity contribution is 5.84. The van der Waals surface area contributed by atoms with Crippen LogP contribution < -0.4 is 5.32 Å². The molecule has 1 atom stereocenters. The molecule has 1 saturated heterocycles. The van der Waals surface area contributed by atoms with Crippen molar-refractivity contribution in [1.82, 2.24) is 5.32 Å². The Morgan fingerprint density at radius 1 is 1.77 bits per heavy atom. The summed E-state index contributed by atoms with van der Waals surface area (Å²) in [7, 11) is 0. The van der Waals surface area contributed by atoms with E-state index >= 15 is 0 Å². The number of rotatable bonds is 3. The Bertz CT molecular complexity index is 224. The average molecular weight is 181 g/mol. The highest BCUT2D eigenvalue weighted by Gasteiger charge is 2.37. The van der Waals surface area contributed by atoms with Crippen molar-refractivity contribution in [2.24, 2.45) is 0 Å². The van der Waals surface area contributed by atoms with E-state index in [0.717, 1.165) is 12.8 Å². The molecule has 1 fully saturated rings. The van der Waals surface area contributed by atoms with Gasteiger partial charge in [0.1, 0.15) is 5.60 Å². The van der Waals surface area contributed by atoms with E-state index in [0.29, 0.717) is 19.6 Å². The topological polar surface area (TPSA) is 38.3 Å². The largest absolute Gasteiger partial charge is 0.365 e. The summed E-state index contributed by atoms with van der Waals surface area (Å²) in [5.41, 5.74) is -0.616. The zero-order valence-corrected chi connectivity index (χ0v) is 7.93. The first-order valence-electron chi connectivity index (χ1n) is 4.55. The molecule has 1 aliphatic heterocycles. The second-order valence-electron chi connectivity index (χ2n) is 3.39. The van der Waals surface area contributed by atoms with Gasteiger partial charge < -0.3 is 10.1 Å². The molecule has 0 bridgehead atoms. The molecule has 72 valence electrons. The third-order valence-electron chi connectivity index (χ3n) is 2.25. The lowest BCUT2D eigenvalue weighted by atomic mass is 10.0. The Hall–Kier alpha value is -1.01. The van der Waals surface area contributed by atoms with Gasteiger partial charge in [0.15, 0.2) is 0 Å². The van der Waals surface area contributed by atoms with Gasteiger partial charge in [0, 0.05) is 19.6 Å². The molecule has 3 heteroatoms. The second kappa shape index (κ2) is 4.29. The Balaban J connectivity index is 2.34. The second-order valence-corrected chi connectivity index (χ2v) is 3.39. The van der Waals surface area contributed by atoms with Crippen molar-refractivity contribution in [2.45, 2.75) is 31.8 Å². The Kier molecular flexibility index (Phi) is 3.32. The number of ether oxygens (including phenoxy) is 1. The SMILES string of the molecule is C#CCCNC(=O)C1(C)CCCO1. The first kappa shape index (κ1) is 10.1. The monoisotopic (exact) mass is 181 g/mol. The molecule has 0 aromatic rings. The van der Waals surface area contributed by atoms with E-state index in [9.17, 15) is 4.79 Å².